The van der Waals surface area contributed by atoms with Crippen LogP contribution in [0.15, 0.2) is 18.2 Å². The van der Waals surface area contributed by atoms with Crippen LogP contribution in [0.2, 0.25) is 0 Å². The highest BCUT2D eigenvalue weighted by Gasteiger charge is 2.42. The van der Waals surface area contributed by atoms with Crippen LogP contribution in [-0.4, -0.2) is 42.3 Å². The first-order valence-corrected chi connectivity index (χ1v) is 7.08. The van der Waals surface area contributed by atoms with Crippen LogP contribution in [0.3, 0.4) is 0 Å². The monoisotopic (exact) mass is 258 g/mol. The molecule has 1 amide bonds. The minimum Gasteiger partial charge on any atom is -0.465 e. The predicted octanol–water partition coefficient (Wildman–Crippen LogP) is 2.15. The summed E-state index contributed by atoms with van der Waals surface area (Å²) in [5, 5.41) is 9.21. The number of hydrogen-bond acceptors (Lipinski definition) is 2. The molecule has 1 saturated heterocycles. The van der Waals surface area contributed by atoms with Gasteiger partial charge in [0.05, 0.1) is 0 Å². The number of para-hydroxylation sites is 1. The van der Waals surface area contributed by atoms with Gasteiger partial charge in [-0.25, -0.2) is 4.79 Å². The Morgan fingerprint density at radius 3 is 3.00 bits per heavy atom. The first-order chi connectivity index (χ1) is 9.24. The van der Waals surface area contributed by atoms with Crippen molar-refractivity contribution in [3.8, 4) is 0 Å². The number of amides is 1. The summed E-state index contributed by atoms with van der Waals surface area (Å²) in [6, 6.07) is 6.58. The van der Waals surface area contributed by atoms with E-state index in [1.54, 1.807) is 4.90 Å². The van der Waals surface area contributed by atoms with Gasteiger partial charge in [0.1, 0.15) is 0 Å². The summed E-state index contributed by atoms with van der Waals surface area (Å²) < 4.78 is 0. The molecular formula is C15H18N2O2. The summed E-state index contributed by atoms with van der Waals surface area (Å²) in [5.41, 5.74) is 4.26. The van der Waals surface area contributed by atoms with Gasteiger partial charge in [0, 0.05) is 43.7 Å². The molecule has 0 spiro atoms. The minimum absolute atomic E-state index is 0.403. The lowest BCUT2D eigenvalue weighted by atomic mass is 9.80. The largest absolute Gasteiger partial charge is 0.465 e. The lowest BCUT2D eigenvalue weighted by molar-refractivity contribution is 0.154. The number of benzene rings is 1. The summed E-state index contributed by atoms with van der Waals surface area (Å²) in [4.78, 5) is 15.3. The van der Waals surface area contributed by atoms with Gasteiger partial charge in [-0.3, -0.25) is 0 Å². The average molecular weight is 258 g/mol. The van der Waals surface area contributed by atoms with Gasteiger partial charge < -0.3 is 14.9 Å². The van der Waals surface area contributed by atoms with E-state index in [-0.39, 0.29) is 0 Å². The Morgan fingerprint density at radius 1 is 1.26 bits per heavy atom. The Bertz CT molecular complexity index is 543. The van der Waals surface area contributed by atoms with Crippen LogP contribution in [0, 0.1) is 5.92 Å². The lowest BCUT2D eigenvalue weighted by Crippen LogP contribution is -2.40. The molecule has 1 aromatic rings. The Morgan fingerprint density at radius 2 is 2.16 bits per heavy atom. The second-order valence-electron chi connectivity index (χ2n) is 5.96. The number of fused-ring (bicyclic) bond motifs is 2. The van der Waals surface area contributed by atoms with Crippen molar-refractivity contribution in [1.82, 2.24) is 4.90 Å². The topological polar surface area (TPSA) is 43.8 Å². The van der Waals surface area contributed by atoms with Crippen molar-refractivity contribution in [3.63, 3.8) is 0 Å². The van der Waals surface area contributed by atoms with Crippen molar-refractivity contribution in [2.24, 2.45) is 5.92 Å². The summed E-state index contributed by atoms with van der Waals surface area (Å²) in [5.74, 6) is 0.873. The normalized spacial score (nSPS) is 28.0. The van der Waals surface area contributed by atoms with Crippen LogP contribution < -0.4 is 4.90 Å². The molecule has 4 heteroatoms. The molecule has 3 heterocycles. The maximum absolute atomic E-state index is 11.2. The third-order valence-corrected chi connectivity index (χ3v) is 4.91. The number of rotatable bonds is 0. The van der Waals surface area contributed by atoms with Crippen LogP contribution in [-0.2, 0) is 6.42 Å². The van der Waals surface area contributed by atoms with Crippen LogP contribution in [0.5, 0.6) is 0 Å². The summed E-state index contributed by atoms with van der Waals surface area (Å²) in [7, 11) is 0. The molecule has 3 aliphatic heterocycles. The van der Waals surface area contributed by atoms with E-state index in [0.717, 1.165) is 13.1 Å². The Hall–Kier alpha value is -1.71. The fourth-order valence-corrected chi connectivity index (χ4v) is 4.10. The molecule has 1 fully saturated rings. The molecule has 0 bridgehead atoms. The van der Waals surface area contributed by atoms with E-state index in [2.05, 4.69) is 23.1 Å². The number of carbonyl (C=O) groups is 1. The van der Waals surface area contributed by atoms with E-state index in [0.29, 0.717) is 24.9 Å². The summed E-state index contributed by atoms with van der Waals surface area (Å²) in [6.45, 7) is 3.52. The molecule has 100 valence electrons. The second-order valence-corrected chi connectivity index (χ2v) is 5.96. The quantitative estimate of drug-likeness (QED) is 0.775. The van der Waals surface area contributed by atoms with E-state index in [9.17, 15) is 9.90 Å². The van der Waals surface area contributed by atoms with Gasteiger partial charge in [-0.15, -0.1) is 0 Å². The molecule has 0 saturated carbocycles. The number of likely N-dealkylation sites (tertiary alicyclic amines) is 1. The van der Waals surface area contributed by atoms with E-state index in [4.69, 9.17) is 0 Å². The smallest absolute Gasteiger partial charge is 0.407 e. The molecule has 4 rings (SSSR count). The van der Waals surface area contributed by atoms with Crippen LogP contribution >= 0.6 is 0 Å². The van der Waals surface area contributed by atoms with Crippen molar-refractivity contribution in [2.75, 3.05) is 31.1 Å². The summed E-state index contributed by atoms with van der Waals surface area (Å²) >= 11 is 0. The molecule has 3 aliphatic rings. The highest BCUT2D eigenvalue weighted by molar-refractivity contribution is 5.68. The molecule has 4 nitrogen and oxygen atoms in total. The maximum Gasteiger partial charge on any atom is 0.407 e. The van der Waals surface area contributed by atoms with Crippen molar-refractivity contribution < 1.29 is 9.90 Å². The van der Waals surface area contributed by atoms with Gasteiger partial charge in [-0.2, -0.15) is 0 Å². The molecule has 1 aromatic carbocycles. The van der Waals surface area contributed by atoms with Gasteiger partial charge in [-0.1, -0.05) is 18.2 Å². The Balaban J connectivity index is 1.78. The van der Waals surface area contributed by atoms with Gasteiger partial charge >= 0.3 is 6.09 Å². The minimum atomic E-state index is -0.770. The third kappa shape index (κ3) is 1.55. The van der Waals surface area contributed by atoms with Gasteiger partial charge in [0.2, 0.25) is 0 Å². The van der Waals surface area contributed by atoms with Crippen LogP contribution in [0.1, 0.15) is 23.5 Å². The van der Waals surface area contributed by atoms with E-state index in [1.165, 1.54) is 29.7 Å². The van der Waals surface area contributed by atoms with E-state index >= 15 is 0 Å². The summed E-state index contributed by atoms with van der Waals surface area (Å²) in [6.07, 6.45) is 1.62. The standard InChI is InChI=1S/C15H18N2O2/c18-15(19)17-8-11-7-16-6-2-4-10-3-1-5-12(14(10)16)13(11)9-17/h1,3,5,11,13H,2,4,6-9H2,(H,18,19)/t11-,13-/m1/s1. The molecular weight excluding hydrogens is 240 g/mol. The van der Waals surface area contributed by atoms with E-state index < -0.39 is 6.09 Å². The zero-order chi connectivity index (χ0) is 13.0. The number of hydrogen-bond donors (Lipinski definition) is 1. The Kier molecular flexibility index (Phi) is 2.28. The highest BCUT2D eigenvalue weighted by Crippen LogP contribution is 2.45. The molecule has 0 aliphatic carbocycles. The number of carboxylic acid groups (broad SMARTS) is 1. The molecule has 2 atom stereocenters. The molecule has 19 heavy (non-hydrogen) atoms. The SMILES string of the molecule is O=C(O)N1C[C@H]2CN3CCCc4cccc(c43)[C@@H]2C1. The molecule has 1 N–H and O–H groups in total. The second kappa shape index (κ2) is 3.89. The van der Waals surface area contributed by atoms with E-state index in [1.807, 2.05) is 0 Å². The van der Waals surface area contributed by atoms with Gasteiger partial charge in [0.15, 0.2) is 0 Å². The fraction of sp³-hybridized carbons (Fsp3) is 0.533. The van der Waals surface area contributed by atoms with Crippen molar-refractivity contribution in [2.45, 2.75) is 18.8 Å². The van der Waals surface area contributed by atoms with Crippen molar-refractivity contribution >= 4 is 11.8 Å². The zero-order valence-electron chi connectivity index (χ0n) is 10.9. The fourth-order valence-electron chi connectivity index (χ4n) is 4.10. The maximum atomic E-state index is 11.2. The van der Waals surface area contributed by atoms with Crippen LogP contribution in [0.25, 0.3) is 0 Å². The molecule has 0 radical (unpaired) electrons. The van der Waals surface area contributed by atoms with Gasteiger partial charge in [0.25, 0.3) is 0 Å². The third-order valence-electron chi connectivity index (χ3n) is 4.91. The predicted molar refractivity (Wildman–Crippen MR) is 72.8 cm³/mol. The van der Waals surface area contributed by atoms with Gasteiger partial charge in [-0.05, 0) is 24.0 Å². The first-order valence-electron chi connectivity index (χ1n) is 7.08. The number of aryl methyl sites for hydroxylation is 1. The van der Waals surface area contributed by atoms with Crippen molar-refractivity contribution in [1.29, 1.82) is 0 Å². The molecule has 0 unspecified atom stereocenters. The number of nitrogens with zero attached hydrogens (tertiary/aromatic N) is 2. The van der Waals surface area contributed by atoms with Crippen molar-refractivity contribution in [3.05, 3.63) is 29.3 Å². The van der Waals surface area contributed by atoms with Crippen LogP contribution in [0.4, 0.5) is 10.5 Å². The Labute approximate surface area is 112 Å². The lowest BCUT2D eigenvalue weighted by Gasteiger charge is -2.41. The molecule has 0 aromatic heterocycles. The number of anilines is 1. The highest BCUT2D eigenvalue weighted by atomic mass is 16.4. The first kappa shape index (κ1) is 11.1. The average Bonchev–Trinajstić information content (AvgIpc) is 2.84. The zero-order valence-corrected chi connectivity index (χ0v) is 10.9.